The monoisotopic (exact) mass is 228 g/mol. The summed E-state index contributed by atoms with van der Waals surface area (Å²) in [5.74, 6) is 0. The molecule has 0 aliphatic heterocycles. The van der Waals surface area contributed by atoms with E-state index in [1.54, 1.807) is 0 Å². The fourth-order valence-corrected chi connectivity index (χ4v) is 1.99. The predicted molar refractivity (Wildman–Crippen MR) is 74.0 cm³/mol. The summed E-state index contributed by atoms with van der Waals surface area (Å²) in [5.41, 5.74) is 0. The van der Waals surface area contributed by atoms with Gasteiger partial charge in [0.2, 0.25) is 0 Å². The maximum atomic E-state index is 3.62. The number of nitrogens with zero attached hydrogens (tertiary/aromatic N) is 1. The fraction of sp³-hybridized carbons (Fsp3) is 1.00. The maximum absolute atomic E-state index is 3.62. The molecular formula is C14H32N2. The van der Waals surface area contributed by atoms with Gasteiger partial charge >= 0.3 is 0 Å². The Balaban J connectivity index is 3.32. The van der Waals surface area contributed by atoms with Crippen molar-refractivity contribution in [1.29, 1.82) is 0 Å². The Bertz CT molecular complexity index is 133. The summed E-state index contributed by atoms with van der Waals surface area (Å²) in [4.78, 5) is 2.47. The minimum absolute atomic E-state index is 0.687. The van der Waals surface area contributed by atoms with Crippen LogP contribution in [-0.4, -0.2) is 37.1 Å². The van der Waals surface area contributed by atoms with Crippen molar-refractivity contribution in [2.24, 2.45) is 0 Å². The summed E-state index contributed by atoms with van der Waals surface area (Å²) in [6, 6.07) is 0.687. The van der Waals surface area contributed by atoms with Crippen molar-refractivity contribution in [3.63, 3.8) is 0 Å². The predicted octanol–water partition coefficient (Wildman–Crippen LogP) is 3.28. The van der Waals surface area contributed by atoms with E-state index in [1.165, 1.54) is 51.7 Å². The van der Waals surface area contributed by atoms with Gasteiger partial charge in [-0.05, 0) is 26.4 Å². The van der Waals surface area contributed by atoms with Crippen LogP contribution in [0.1, 0.15) is 59.8 Å². The van der Waals surface area contributed by atoms with E-state index in [0.717, 1.165) is 6.54 Å². The molecule has 0 bridgehead atoms. The van der Waals surface area contributed by atoms with Gasteiger partial charge < -0.3 is 10.2 Å². The van der Waals surface area contributed by atoms with Crippen LogP contribution in [0.4, 0.5) is 0 Å². The molecule has 1 unspecified atom stereocenters. The molecule has 0 aromatic rings. The van der Waals surface area contributed by atoms with Crippen LogP contribution in [0.25, 0.3) is 0 Å². The minimum atomic E-state index is 0.687. The number of rotatable bonds is 11. The Hall–Kier alpha value is -0.0800. The second-order valence-electron chi connectivity index (χ2n) is 4.73. The lowest BCUT2D eigenvalue weighted by Crippen LogP contribution is -2.35. The quantitative estimate of drug-likeness (QED) is 0.546. The number of nitrogens with one attached hydrogen (secondary N) is 1. The van der Waals surface area contributed by atoms with Crippen molar-refractivity contribution < 1.29 is 0 Å². The van der Waals surface area contributed by atoms with Gasteiger partial charge in [-0.15, -0.1) is 0 Å². The molecule has 0 heterocycles. The summed E-state index contributed by atoms with van der Waals surface area (Å²) in [6.45, 7) is 13.7. The second kappa shape index (κ2) is 11.4. The molecule has 1 atom stereocenters. The molecule has 0 aliphatic rings. The Kier molecular flexibility index (Phi) is 11.3. The fourth-order valence-electron chi connectivity index (χ4n) is 1.99. The van der Waals surface area contributed by atoms with Crippen molar-refractivity contribution >= 4 is 0 Å². The molecule has 2 heteroatoms. The van der Waals surface area contributed by atoms with Crippen molar-refractivity contribution in [1.82, 2.24) is 10.2 Å². The van der Waals surface area contributed by atoms with Crippen molar-refractivity contribution in [2.75, 3.05) is 26.2 Å². The van der Waals surface area contributed by atoms with Gasteiger partial charge in [0.05, 0.1) is 0 Å². The Morgan fingerprint density at radius 3 is 2.25 bits per heavy atom. The molecule has 0 amide bonds. The average Bonchev–Trinajstić information content (AvgIpc) is 2.30. The summed E-state index contributed by atoms with van der Waals surface area (Å²) < 4.78 is 0. The van der Waals surface area contributed by atoms with E-state index in [0.29, 0.717) is 6.04 Å². The van der Waals surface area contributed by atoms with Crippen LogP contribution in [0.5, 0.6) is 0 Å². The highest BCUT2D eigenvalue weighted by atomic mass is 15.1. The summed E-state index contributed by atoms with van der Waals surface area (Å²) in [7, 11) is 0. The molecule has 0 aromatic carbocycles. The third-order valence-electron chi connectivity index (χ3n) is 3.31. The van der Waals surface area contributed by atoms with Gasteiger partial charge in [-0.2, -0.15) is 0 Å². The van der Waals surface area contributed by atoms with Crippen LogP contribution in [0.2, 0.25) is 0 Å². The van der Waals surface area contributed by atoms with E-state index in [9.17, 15) is 0 Å². The topological polar surface area (TPSA) is 15.3 Å². The largest absolute Gasteiger partial charge is 0.313 e. The molecule has 0 spiro atoms. The molecular weight excluding hydrogens is 196 g/mol. The highest BCUT2D eigenvalue weighted by Gasteiger charge is 2.02. The molecule has 0 aliphatic carbocycles. The first kappa shape index (κ1) is 15.9. The molecule has 0 fully saturated rings. The van der Waals surface area contributed by atoms with Gasteiger partial charge in [0.25, 0.3) is 0 Å². The molecule has 16 heavy (non-hydrogen) atoms. The van der Waals surface area contributed by atoms with E-state index in [4.69, 9.17) is 0 Å². The Labute approximate surface area is 103 Å². The number of hydrogen-bond donors (Lipinski definition) is 1. The molecule has 98 valence electrons. The Morgan fingerprint density at radius 1 is 1.00 bits per heavy atom. The van der Waals surface area contributed by atoms with Crippen LogP contribution in [0, 0.1) is 0 Å². The zero-order valence-electron chi connectivity index (χ0n) is 11.9. The van der Waals surface area contributed by atoms with Gasteiger partial charge in [0.15, 0.2) is 0 Å². The molecule has 0 radical (unpaired) electrons. The van der Waals surface area contributed by atoms with E-state index in [-0.39, 0.29) is 0 Å². The first-order valence-corrected chi connectivity index (χ1v) is 7.20. The number of hydrogen-bond acceptors (Lipinski definition) is 2. The van der Waals surface area contributed by atoms with E-state index in [2.05, 4.69) is 37.9 Å². The molecule has 0 aromatic heterocycles. The third kappa shape index (κ3) is 9.17. The van der Waals surface area contributed by atoms with Gasteiger partial charge in [-0.25, -0.2) is 0 Å². The van der Waals surface area contributed by atoms with Gasteiger partial charge in [-0.3, -0.25) is 0 Å². The molecule has 1 N–H and O–H groups in total. The lowest BCUT2D eigenvalue weighted by Gasteiger charge is -2.20. The number of unbranched alkanes of at least 4 members (excludes halogenated alkanes) is 3. The average molecular weight is 228 g/mol. The van der Waals surface area contributed by atoms with Crippen LogP contribution < -0.4 is 5.32 Å². The highest BCUT2D eigenvalue weighted by molar-refractivity contribution is 4.63. The molecule has 0 saturated carbocycles. The van der Waals surface area contributed by atoms with Gasteiger partial charge in [0.1, 0.15) is 0 Å². The van der Waals surface area contributed by atoms with Gasteiger partial charge in [-0.1, -0.05) is 46.5 Å². The molecule has 2 nitrogen and oxygen atoms in total. The molecule has 0 rings (SSSR count). The minimum Gasteiger partial charge on any atom is -0.313 e. The van der Waals surface area contributed by atoms with Crippen LogP contribution in [0.3, 0.4) is 0 Å². The van der Waals surface area contributed by atoms with E-state index in [1.807, 2.05) is 0 Å². The summed E-state index contributed by atoms with van der Waals surface area (Å²) in [5, 5.41) is 3.62. The first-order chi connectivity index (χ1) is 7.74. The second-order valence-corrected chi connectivity index (χ2v) is 4.73. The first-order valence-electron chi connectivity index (χ1n) is 7.20. The van der Waals surface area contributed by atoms with Crippen LogP contribution in [0.15, 0.2) is 0 Å². The van der Waals surface area contributed by atoms with E-state index >= 15 is 0 Å². The van der Waals surface area contributed by atoms with Gasteiger partial charge in [0, 0.05) is 19.1 Å². The summed E-state index contributed by atoms with van der Waals surface area (Å²) in [6.07, 6.45) is 6.85. The maximum Gasteiger partial charge on any atom is 0.0107 e. The highest BCUT2D eigenvalue weighted by Crippen LogP contribution is 2.04. The zero-order chi connectivity index (χ0) is 12.2. The lowest BCUT2D eigenvalue weighted by atomic mass is 10.1. The van der Waals surface area contributed by atoms with Crippen molar-refractivity contribution in [2.45, 2.75) is 65.8 Å². The zero-order valence-corrected chi connectivity index (χ0v) is 11.9. The normalized spacial score (nSPS) is 13.3. The lowest BCUT2D eigenvalue weighted by molar-refractivity contribution is 0.295. The third-order valence-corrected chi connectivity index (χ3v) is 3.31. The van der Waals surface area contributed by atoms with E-state index < -0.39 is 0 Å². The van der Waals surface area contributed by atoms with Crippen LogP contribution in [-0.2, 0) is 0 Å². The standard InChI is InChI=1S/C14H32N2/c1-5-8-9-10-11-14(4)15-12-13-16(6-2)7-3/h14-15H,5-13H2,1-4H3. The smallest absolute Gasteiger partial charge is 0.0107 e. The number of likely N-dealkylation sites (N-methyl/N-ethyl adjacent to an activating group) is 1. The SMILES string of the molecule is CCCCCCC(C)NCCN(CC)CC. The Morgan fingerprint density at radius 2 is 1.69 bits per heavy atom. The van der Waals surface area contributed by atoms with Crippen LogP contribution >= 0.6 is 0 Å². The van der Waals surface area contributed by atoms with Crippen molar-refractivity contribution in [3.05, 3.63) is 0 Å². The molecule has 0 saturated heterocycles. The summed E-state index contributed by atoms with van der Waals surface area (Å²) >= 11 is 0. The van der Waals surface area contributed by atoms with Crippen molar-refractivity contribution in [3.8, 4) is 0 Å².